The summed E-state index contributed by atoms with van der Waals surface area (Å²) in [5, 5.41) is 2.60. The SMILES string of the molecule is Cl.Cl.NCC1CCN(C(=O)CNC(=O)c2ccccn2)CC1. The van der Waals surface area contributed by atoms with Crippen LogP contribution >= 0.6 is 24.8 Å². The highest BCUT2D eigenvalue weighted by Crippen LogP contribution is 2.15. The van der Waals surface area contributed by atoms with Crippen LogP contribution in [0.3, 0.4) is 0 Å². The van der Waals surface area contributed by atoms with Crippen molar-refractivity contribution in [2.45, 2.75) is 12.8 Å². The third kappa shape index (κ3) is 5.79. The normalized spacial score (nSPS) is 14.5. The molecule has 6 nitrogen and oxygen atoms in total. The Morgan fingerprint density at radius 3 is 2.50 bits per heavy atom. The van der Waals surface area contributed by atoms with Crippen molar-refractivity contribution < 1.29 is 9.59 Å². The zero-order chi connectivity index (χ0) is 14.4. The fraction of sp³-hybridized carbons (Fsp3) is 0.500. The summed E-state index contributed by atoms with van der Waals surface area (Å²) in [5.74, 6) is 0.141. The minimum Gasteiger partial charge on any atom is -0.342 e. The van der Waals surface area contributed by atoms with Gasteiger partial charge in [-0.1, -0.05) is 6.07 Å². The molecule has 124 valence electrons. The molecule has 1 aromatic rings. The van der Waals surface area contributed by atoms with Gasteiger partial charge in [-0.05, 0) is 37.4 Å². The molecule has 2 rings (SSSR count). The van der Waals surface area contributed by atoms with Crippen molar-refractivity contribution in [2.24, 2.45) is 11.7 Å². The average molecular weight is 349 g/mol. The number of rotatable bonds is 4. The van der Waals surface area contributed by atoms with Crippen molar-refractivity contribution in [1.29, 1.82) is 0 Å². The van der Waals surface area contributed by atoms with E-state index in [1.165, 1.54) is 0 Å². The van der Waals surface area contributed by atoms with E-state index in [-0.39, 0.29) is 43.2 Å². The molecule has 2 amide bonds. The molecule has 0 saturated carbocycles. The molecule has 1 aromatic heterocycles. The summed E-state index contributed by atoms with van der Waals surface area (Å²) in [7, 11) is 0. The number of hydrogen-bond donors (Lipinski definition) is 2. The van der Waals surface area contributed by atoms with Crippen LogP contribution in [0.1, 0.15) is 23.3 Å². The average Bonchev–Trinajstić information content (AvgIpc) is 2.53. The maximum atomic E-state index is 12.0. The fourth-order valence-electron chi connectivity index (χ4n) is 2.27. The molecule has 0 radical (unpaired) electrons. The molecule has 22 heavy (non-hydrogen) atoms. The second-order valence-electron chi connectivity index (χ2n) is 4.96. The van der Waals surface area contributed by atoms with Gasteiger partial charge >= 0.3 is 0 Å². The Labute approximate surface area is 142 Å². The molecule has 0 aromatic carbocycles. The van der Waals surface area contributed by atoms with Crippen LogP contribution in [0.4, 0.5) is 0 Å². The van der Waals surface area contributed by atoms with Gasteiger partial charge in [0.25, 0.3) is 5.91 Å². The van der Waals surface area contributed by atoms with E-state index >= 15 is 0 Å². The lowest BCUT2D eigenvalue weighted by atomic mass is 9.97. The monoisotopic (exact) mass is 348 g/mol. The first-order chi connectivity index (χ1) is 9.70. The minimum absolute atomic E-state index is 0. The first-order valence-electron chi connectivity index (χ1n) is 6.87. The summed E-state index contributed by atoms with van der Waals surface area (Å²) >= 11 is 0. The molecule has 1 aliphatic heterocycles. The van der Waals surface area contributed by atoms with Crippen LogP contribution in [0.25, 0.3) is 0 Å². The van der Waals surface area contributed by atoms with E-state index in [0.717, 1.165) is 25.9 Å². The van der Waals surface area contributed by atoms with E-state index in [0.29, 0.717) is 18.2 Å². The van der Waals surface area contributed by atoms with Crippen molar-refractivity contribution in [1.82, 2.24) is 15.2 Å². The summed E-state index contributed by atoms with van der Waals surface area (Å²) in [4.78, 5) is 29.5. The molecule has 0 unspecified atom stereocenters. The highest BCUT2D eigenvalue weighted by Gasteiger charge is 2.22. The lowest BCUT2D eigenvalue weighted by molar-refractivity contribution is -0.131. The van der Waals surface area contributed by atoms with E-state index in [9.17, 15) is 9.59 Å². The maximum Gasteiger partial charge on any atom is 0.270 e. The number of aromatic nitrogens is 1. The van der Waals surface area contributed by atoms with Crippen molar-refractivity contribution in [3.05, 3.63) is 30.1 Å². The minimum atomic E-state index is -0.323. The lowest BCUT2D eigenvalue weighted by Crippen LogP contribution is -2.45. The number of halogens is 2. The highest BCUT2D eigenvalue weighted by atomic mass is 35.5. The zero-order valence-corrected chi connectivity index (χ0v) is 13.9. The summed E-state index contributed by atoms with van der Waals surface area (Å²) in [6.45, 7) is 2.14. The van der Waals surface area contributed by atoms with E-state index in [2.05, 4.69) is 10.3 Å². The Balaban J connectivity index is 0.00000220. The molecule has 8 heteroatoms. The number of nitrogens with zero attached hydrogens (tertiary/aromatic N) is 2. The van der Waals surface area contributed by atoms with Crippen LogP contribution < -0.4 is 11.1 Å². The number of likely N-dealkylation sites (tertiary alicyclic amines) is 1. The molecular formula is C14H22Cl2N4O2. The second-order valence-corrected chi connectivity index (χ2v) is 4.96. The third-order valence-corrected chi connectivity index (χ3v) is 3.60. The van der Waals surface area contributed by atoms with Gasteiger partial charge in [-0.3, -0.25) is 14.6 Å². The van der Waals surface area contributed by atoms with Crippen molar-refractivity contribution in [3.63, 3.8) is 0 Å². The van der Waals surface area contributed by atoms with E-state index in [4.69, 9.17) is 5.73 Å². The molecule has 0 bridgehead atoms. The number of nitrogens with one attached hydrogen (secondary N) is 1. The van der Waals surface area contributed by atoms with Crippen LogP contribution in [0.2, 0.25) is 0 Å². The number of carbonyl (C=O) groups excluding carboxylic acids is 2. The number of amides is 2. The van der Waals surface area contributed by atoms with E-state index < -0.39 is 0 Å². The molecule has 1 fully saturated rings. The quantitative estimate of drug-likeness (QED) is 0.844. The van der Waals surface area contributed by atoms with Crippen molar-refractivity contribution in [2.75, 3.05) is 26.2 Å². The first kappa shape index (κ1) is 20.6. The van der Waals surface area contributed by atoms with Gasteiger partial charge in [0.05, 0.1) is 6.54 Å². The molecule has 0 aliphatic carbocycles. The Hall–Kier alpha value is -1.37. The Morgan fingerprint density at radius 2 is 1.95 bits per heavy atom. The number of nitrogens with two attached hydrogens (primary N) is 1. The molecular weight excluding hydrogens is 327 g/mol. The van der Waals surface area contributed by atoms with Gasteiger partial charge in [0, 0.05) is 19.3 Å². The molecule has 3 N–H and O–H groups in total. The highest BCUT2D eigenvalue weighted by molar-refractivity contribution is 5.94. The summed E-state index contributed by atoms with van der Waals surface area (Å²) in [6.07, 6.45) is 3.43. The van der Waals surface area contributed by atoms with Crippen LogP contribution in [-0.2, 0) is 4.79 Å². The van der Waals surface area contributed by atoms with E-state index in [1.54, 1.807) is 29.3 Å². The predicted molar refractivity (Wildman–Crippen MR) is 89.4 cm³/mol. The third-order valence-electron chi connectivity index (χ3n) is 3.60. The largest absolute Gasteiger partial charge is 0.342 e. The van der Waals surface area contributed by atoms with Gasteiger partial charge in [-0.15, -0.1) is 24.8 Å². The standard InChI is InChI=1S/C14H20N4O2.2ClH/c15-9-11-4-7-18(8-5-11)13(19)10-17-14(20)12-3-1-2-6-16-12;;/h1-3,6,11H,4-5,7-10,15H2,(H,17,20);2*1H. The maximum absolute atomic E-state index is 12.0. The first-order valence-corrected chi connectivity index (χ1v) is 6.87. The fourth-order valence-corrected chi connectivity index (χ4v) is 2.27. The van der Waals surface area contributed by atoms with Gasteiger partial charge in [0.1, 0.15) is 5.69 Å². The topological polar surface area (TPSA) is 88.3 Å². The molecule has 1 aliphatic rings. The molecule has 1 saturated heterocycles. The number of carbonyl (C=O) groups is 2. The molecule has 2 heterocycles. The summed E-state index contributed by atoms with van der Waals surface area (Å²) < 4.78 is 0. The number of hydrogen-bond acceptors (Lipinski definition) is 4. The van der Waals surface area contributed by atoms with Crippen LogP contribution in [0, 0.1) is 5.92 Å². The van der Waals surface area contributed by atoms with Gasteiger partial charge in [-0.25, -0.2) is 0 Å². The lowest BCUT2D eigenvalue weighted by Gasteiger charge is -2.31. The summed E-state index contributed by atoms with van der Waals surface area (Å²) in [5.41, 5.74) is 5.94. The van der Waals surface area contributed by atoms with Crippen molar-refractivity contribution in [3.8, 4) is 0 Å². The smallest absolute Gasteiger partial charge is 0.270 e. The van der Waals surface area contributed by atoms with Gasteiger partial charge in [0.15, 0.2) is 0 Å². The van der Waals surface area contributed by atoms with Gasteiger partial charge in [-0.2, -0.15) is 0 Å². The summed E-state index contributed by atoms with van der Waals surface area (Å²) in [6, 6.07) is 5.09. The molecule has 0 spiro atoms. The van der Waals surface area contributed by atoms with Gasteiger partial charge in [0.2, 0.25) is 5.91 Å². The van der Waals surface area contributed by atoms with E-state index in [1.807, 2.05) is 0 Å². The van der Waals surface area contributed by atoms with Crippen LogP contribution in [-0.4, -0.2) is 47.9 Å². The second kappa shape index (κ2) is 10.4. The Morgan fingerprint density at radius 1 is 1.27 bits per heavy atom. The predicted octanol–water partition coefficient (Wildman–Crippen LogP) is 0.852. The Kier molecular flexibility index (Phi) is 9.73. The van der Waals surface area contributed by atoms with Crippen LogP contribution in [0.15, 0.2) is 24.4 Å². The Bertz CT molecular complexity index is 465. The van der Waals surface area contributed by atoms with Crippen molar-refractivity contribution >= 4 is 36.6 Å². The van der Waals surface area contributed by atoms with Gasteiger partial charge < -0.3 is 16.0 Å². The number of piperidine rings is 1. The number of pyridine rings is 1. The molecule has 0 atom stereocenters. The zero-order valence-electron chi connectivity index (χ0n) is 12.2. The van der Waals surface area contributed by atoms with Crippen LogP contribution in [0.5, 0.6) is 0 Å².